The first kappa shape index (κ1) is 17.1. The number of methoxy groups -OCH3 is 1. The van der Waals surface area contributed by atoms with Crippen LogP contribution in [0, 0.1) is 0 Å². The molecule has 1 aromatic carbocycles. The van der Waals surface area contributed by atoms with Gasteiger partial charge in [0, 0.05) is 31.3 Å². The van der Waals surface area contributed by atoms with Crippen molar-refractivity contribution in [3.05, 3.63) is 33.8 Å². The molecule has 5 nitrogen and oxygen atoms in total. The van der Waals surface area contributed by atoms with E-state index in [0.717, 1.165) is 0 Å². The van der Waals surface area contributed by atoms with E-state index in [-0.39, 0.29) is 24.5 Å². The number of rotatable bonds is 4. The number of halogens is 2. The minimum absolute atomic E-state index is 0.0224. The van der Waals surface area contributed by atoms with Crippen molar-refractivity contribution in [3.8, 4) is 0 Å². The molecule has 0 saturated carbocycles. The molecule has 1 aromatic rings. The second-order valence-electron chi connectivity index (χ2n) is 5.19. The SMILES string of the molecule is COCC(=O)N1CCC(NC(=O)c2cc(Cl)ccc2Cl)CC1. The summed E-state index contributed by atoms with van der Waals surface area (Å²) < 4.78 is 4.84. The van der Waals surface area contributed by atoms with E-state index in [4.69, 9.17) is 27.9 Å². The number of carbonyl (C=O) groups excluding carboxylic acids is 2. The van der Waals surface area contributed by atoms with Crippen molar-refractivity contribution in [2.24, 2.45) is 0 Å². The molecule has 0 radical (unpaired) electrons. The minimum Gasteiger partial charge on any atom is -0.375 e. The predicted octanol–water partition coefficient (Wildman–Crippen LogP) is 2.36. The lowest BCUT2D eigenvalue weighted by atomic mass is 10.0. The van der Waals surface area contributed by atoms with Crippen LogP contribution in [0.3, 0.4) is 0 Å². The molecule has 1 heterocycles. The van der Waals surface area contributed by atoms with E-state index in [1.54, 1.807) is 23.1 Å². The standard InChI is InChI=1S/C15H18Cl2N2O3/c1-22-9-14(20)19-6-4-11(5-7-19)18-15(21)12-8-10(16)2-3-13(12)17/h2-3,8,11H,4-7,9H2,1H3,(H,18,21). The molecule has 0 spiro atoms. The first-order valence-corrected chi connectivity index (χ1v) is 7.79. The fourth-order valence-corrected chi connectivity index (χ4v) is 2.80. The summed E-state index contributed by atoms with van der Waals surface area (Å²) in [5.41, 5.74) is 0.368. The van der Waals surface area contributed by atoms with Gasteiger partial charge >= 0.3 is 0 Å². The Kier molecular flexibility index (Phi) is 6.06. The molecule has 0 aromatic heterocycles. The van der Waals surface area contributed by atoms with Crippen molar-refractivity contribution in [3.63, 3.8) is 0 Å². The Morgan fingerprint density at radius 3 is 2.64 bits per heavy atom. The van der Waals surface area contributed by atoms with Crippen LogP contribution in [0.1, 0.15) is 23.2 Å². The zero-order valence-electron chi connectivity index (χ0n) is 12.3. The highest BCUT2D eigenvalue weighted by atomic mass is 35.5. The molecular weight excluding hydrogens is 327 g/mol. The first-order valence-electron chi connectivity index (χ1n) is 7.04. The number of hydrogen-bond acceptors (Lipinski definition) is 3. The smallest absolute Gasteiger partial charge is 0.253 e. The normalized spacial score (nSPS) is 15.7. The van der Waals surface area contributed by atoms with Crippen molar-refractivity contribution < 1.29 is 14.3 Å². The summed E-state index contributed by atoms with van der Waals surface area (Å²) >= 11 is 11.9. The molecule has 1 N–H and O–H groups in total. The summed E-state index contributed by atoms with van der Waals surface area (Å²) in [5, 5.41) is 3.78. The number of amides is 2. The van der Waals surface area contributed by atoms with Gasteiger partial charge in [0.15, 0.2) is 0 Å². The van der Waals surface area contributed by atoms with Crippen LogP contribution in [0.4, 0.5) is 0 Å². The van der Waals surface area contributed by atoms with Gasteiger partial charge in [0.2, 0.25) is 5.91 Å². The van der Waals surface area contributed by atoms with Gasteiger partial charge in [0.25, 0.3) is 5.91 Å². The maximum Gasteiger partial charge on any atom is 0.253 e. The van der Waals surface area contributed by atoms with Crippen molar-refractivity contribution >= 4 is 35.0 Å². The maximum atomic E-state index is 12.2. The molecule has 1 fully saturated rings. The number of carbonyl (C=O) groups is 2. The molecule has 0 aliphatic carbocycles. The van der Waals surface area contributed by atoms with Crippen LogP contribution < -0.4 is 5.32 Å². The second kappa shape index (κ2) is 7.81. The van der Waals surface area contributed by atoms with Gasteiger partial charge in [-0.1, -0.05) is 23.2 Å². The third kappa shape index (κ3) is 4.35. The van der Waals surface area contributed by atoms with Crippen molar-refractivity contribution in [2.75, 3.05) is 26.8 Å². The van der Waals surface area contributed by atoms with Gasteiger partial charge in [0.05, 0.1) is 10.6 Å². The van der Waals surface area contributed by atoms with E-state index in [9.17, 15) is 9.59 Å². The fourth-order valence-electron chi connectivity index (χ4n) is 2.42. The lowest BCUT2D eigenvalue weighted by molar-refractivity contribution is -0.136. The number of benzene rings is 1. The van der Waals surface area contributed by atoms with E-state index in [1.807, 2.05) is 0 Å². The zero-order valence-corrected chi connectivity index (χ0v) is 13.8. The number of piperidine rings is 1. The summed E-state index contributed by atoms with van der Waals surface area (Å²) in [7, 11) is 1.50. The minimum atomic E-state index is -0.242. The Bertz CT molecular complexity index is 558. The number of likely N-dealkylation sites (tertiary alicyclic amines) is 1. The van der Waals surface area contributed by atoms with E-state index in [1.165, 1.54) is 7.11 Å². The molecule has 2 rings (SSSR count). The third-order valence-corrected chi connectivity index (χ3v) is 4.19. The Balaban J connectivity index is 1.89. The van der Waals surface area contributed by atoms with Crippen LogP contribution in [0.15, 0.2) is 18.2 Å². The number of hydrogen-bond donors (Lipinski definition) is 1. The third-order valence-electron chi connectivity index (χ3n) is 3.62. The van der Waals surface area contributed by atoms with Crippen LogP contribution >= 0.6 is 23.2 Å². The van der Waals surface area contributed by atoms with E-state index in [0.29, 0.717) is 41.5 Å². The quantitative estimate of drug-likeness (QED) is 0.911. The molecule has 0 atom stereocenters. The molecule has 2 amide bonds. The van der Waals surface area contributed by atoms with E-state index in [2.05, 4.69) is 5.32 Å². The van der Waals surface area contributed by atoms with Gasteiger partial charge in [-0.25, -0.2) is 0 Å². The van der Waals surface area contributed by atoms with Gasteiger partial charge in [-0.05, 0) is 31.0 Å². The Labute approximate surface area is 139 Å². The van der Waals surface area contributed by atoms with Gasteiger partial charge in [0.1, 0.15) is 6.61 Å². The van der Waals surface area contributed by atoms with Crippen LogP contribution in [0.2, 0.25) is 10.0 Å². The summed E-state index contributed by atoms with van der Waals surface area (Å²) in [6.45, 7) is 1.31. The topological polar surface area (TPSA) is 58.6 Å². The molecule has 0 bridgehead atoms. The number of nitrogens with one attached hydrogen (secondary N) is 1. The molecule has 0 unspecified atom stereocenters. The van der Waals surface area contributed by atoms with Crippen LogP contribution in [0.25, 0.3) is 0 Å². The Morgan fingerprint density at radius 1 is 1.32 bits per heavy atom. The van der Waals surface area contributed by atoms with Gasteiger partial charge in [-0.2, -0.15) is 0 Å². The Hall–Kier alpha value is -1.30. The van der Waals surface area contributed by atoms with Crippen LogP contribution in [0.5, 0.6) is 0 Å². The molecule has 120 valence electrons. The molecule has 1 aliphatic heterocycles. The van der Waals surface area contributed by atoms with Crippen molar-refractivity contribution in [1.82, 2.24) is 10.2 Å². The van der Waals surface area contributed by atoms with Crippen molar-refractivity contribution in [1.29, 1.82) is 0 Å². The highest BCUT2D eigenvalue weighted by molar-refractivity contribution is 6.35. The fraction of sp³-hybridized carbons (Fsp3) is 0.467. The van der Waals surface area contributed by atoms with Gasteiger partial charge in [-0.3, -0.25) is 9.59 Å². The average molecular weight is 345 g/mol. The maximum absolute atomic E-state index is 12.2. The summed E-state index contributed by atoms with van der Waals surface area (Å²) in [6, 6.07) is 4.82. The number of nitrogens with zero attached hydrogens (tertiary/aromatic N) is 1. The Morgan fingerprint density at radius 2 is 2.00 bits per heavy atom. The average Bonchev–Trinajstić information content (AvgIpc) is 2.50. The number of ether oxygens (including phenoxy) is 1. The van der Waals surface area contributed by atoms with Crippen LogP contribution in [-0.2, 0) is 9.53 Å². The van der Waals surface area contributed by atoms with Crippen molar-refractivity contribution in [2.45, 2.75) is 18.9 Å². The summed E-state index contributed by atoms with van der Waals surface area (Å²) in [5.74, 6) is -0.265. The molecule has 1 aliphatic rings. The van der Waals surface area contributed by atoms with Gasteiger partial charge in [-0.15, -0.1) is 0 Å². The summed E-state index contributed by atoms with van der Waals surface area (Å²) in [6.07, 6.45) is 1.42. The molecular formula is C15H18Cl2N2O3. The van der Waals surface area contributed by atoms with Crippen LogP contribution in [-0.4, -0.2) is 49.6 Å². The zero-order chi connectivity index (χ0) is 16.1. The highest BCUT2D eigenvalue weighted by Crippen LogP contribution is 2.21. The lowest BCUT2D eigenvalue weighted by Gasteiger charge is -2.32. The molecule has 22 heavy (non-hydrogen) atoms. The van der Waals surface area contributed by atoms with Gasteiger partial charge < -0.3 is 15.0 Å². The van der Waals surface area contributed by atoms with E-state index < -0.39 is 0 Å². The largest absolute Gasteiger partial charge is 0.375 e. The monoisotopic (exact) mass is 344 g/mol. The second-order valence-corrected chi connectivity index (χ2v) is 6.03. The lowest BCUT2D eigenvalue weighted by Crippen LogP contribution is -2.47. The molecule has 7 heteroatoms. The summed E-state index contributed by atoms with van der Waals surface area (Å²) in [4.78, 5) is 25.7. The van der Waals surface area contributed by atoms with E-state index >= 15 is 0 Å². The highest BCUT2D eigenvalue weighted by Gasteiger charge is 2.24. The predicted molar refractivity (Wildman–Crippen MR) is 85.4 cm³/mol. The first-order chi connectivity index (χ1) is 10.5. The molecule has 1 saturated heterocycles.